The molecule has 0 aliphatic carbocycles. The van der Waals surface area contributed by atoms with Crippen LogP contribution >= 0.6 is 0 Å². The number of ether oxygens (including phenoxy) is 1. The summed E-state index contributed by atoms with van der Waals surface area (Å²) >= 11 is 0. The average Bonchev–Trinajstić information content (AvgIpc) is 2.66. The van der Waals surface area contributed by atoms with Crippen molar-refractivity contribution in [3.63, 3.8) is 0 Å². The van der Waals surface area contributed by atoms with Crippen molar-refractivity contribution in [2.75, 3.05) is 33.8 Å². The molecule has 0 heterocycles. The molecular formula is C26H54NO2+. The lowest BCUT2D eigenvalue weighted by atomic mass is 10.0. The first-order chi connectivity index (χ1) is 14.0. The first-order valence-corrected chi connectivity index (χ1v) is 12.9. The van der Waals surface area contributed by atoms with Crippen molar-refractivity contribution in [3.8, 4) is 0 Å². The lowest BCUT2D eigenvalue weighted by molar-refractivity contribution is -0.890. The number of quaternary nitrogens is 1. The molecule has 0 aromatic heterocycles. The molecule has 0 radical (unpaired) electrons. The maximum atomic E-state index is 10.8. The quantitative estimate of drug-likeness (QED) is 0.104. The van der Waals surface area contributed by atoms with Crippen LogP contribution in [-0.4, -0.2) is 44.2 Å². The van der Waals surface area contributed by atoms with E-state index in [0.29, 0.717) is 6.61 Å². The highest BCUT2D eigenvalue weighted by molar-refractivity contribution is 5.65. The van der Waals surface area contributed by atoms with Gasteiger partial charge in [0.25, 0.3) is 0 Å². The third-order valence-electron chi connectivity index (χ3n) is 6.12. The number of carbonyl (C=O) groups is 1. The Labute approximate surface area is 183 Å². The first-order valence-electron chi connectivity index (χ1n) is 12.9. The Balaban J connectivity index is 3.21. The second-order valence-corrected chi connectivity index (χ2v) is 9.73. The lowest BCUT2D eigenvalue weighted by Crippen LogP contribution is -2.43. The van der Waals surface area contributed by atoms with Crippen molar-refractivity contribution in [1.29, 1.82) is 0 Å². The van der Waals surface area contributed by atoms with E-state index in [0.717, 1.165) is 11.0 Å². The van der Waals surface area contributed by atoms with Gasteiger partial charge >= 0.3 is 5.97 Å². The van der Waals surface area contributed by atoms with Crippen molar-refractivity contribution in [2.45, 2.75) is 129 Å². The van der Waals surface area contributed by atoms with E-state index in [2.05, 4.69) is 21.0 Å². The number of hydrogen-bond acceptors (Lipinski definition) is 2. The van der Waals surface area contributed by atoms with Crippen LogP contribution in [0.2, 0.25) is 0 Å². The van der Waals surface area contributed by atoms with Crippen molar-refractivity contribution in [3.05, 3.63) is 0 Å². The zero-order chi connectivity index (χ0) is 21.6. The van der Waals surface area contributed by atoms with Crippen LogP contribution in [0.15, 0.2) is 0 Å². The van der Waals surface area contributed by atoms with Crippen molar-refractivity contribution >= 4 is 5.97 Å². The van der Waals surface area contributed by atoms with Crippen LogP contribution in [0.5, 0.6) is 0 Å². The maximum absolute atomic E-state index is 10.8. The second-order valence-electron chi connectivity index (χ2n) is 9.73. The Hall–Kier alpha value is -0.570. The highest BCUT2D eigenvalue weighted by Gasteiger charge is 2.14. The van der Waals surface area contributed by atoms with E-state index in [-0.39, 0.29) is 5.97 Å². The van der Waals surface area contributed by atoms with Gasteiger partial charge in [0.15, 0.2) is 0 Å². The number of hydrogen-bond donors (Lipinski definition) is 0. The van der Waals surface area contributed by atoms with Gasteiger partial charge in [0.2, 0.25) is 0 Å². The van der Waals surface area contributed by atoms with Gasteiger partial charge in [-0.05, 0) is 12.8 Å². The van der Waals surface area contributed by atoms with Gasteiger partial charge in [-0.3, -0.25) is 4.79 Å². The van der Waals surface area contributed by atoms with E-state index in [1.54, 1.807) is 0 Å². The molecule has 0 fully saturated rings. The molecule has 3 heteroatoms. The fraction of sp³-hybridized carbons (Fsp3) is 0.962. The summed E-state index contributed by atoms with van der Waals surface area (Å²) in [5.74, 6) is -0.168. The molecule has 0 atom stereocenters. The summed E-state index contributed by atoms with van der Waals surface area (Å²) in [4.78, 5) is 10.8. The van der Waals surface area contributed by atoms with Crippen molar-refractivity contribution in [1.82, 2.24) is 0 Å². The zero-order valence-electron chi connectivity index (χ0n) is 20.6. The lowest BCUT2D eigenvalue weighted by Gasteiger charge is -2.29. The zero-order valence-corrected chi connectivity index (χ0v) is 20.6. The highest BCUT2D eigenvalue weighted by Crippen LogP contribution is 2.14. The molecule has 0 spiro atoms. The molecule has 0 aromatic carbocycles. The van der Waals surface area contributed by atoms with E-state index >= 15 is 0 Å². The number of unbranched alkanes of at least 4 members (excludes halogenated alkanes) is 17. The van der Waals surface area contributed by atoms with Crippen LogP contribution in [-0.2, 0) is 9.53 Å². The summed E-state index contributed by atoms with van der Waals surface area (Å²) in [6.07, 6.45) is 25.6. The maximum Gasteiger partial charge on any atom is 0.302 e. The molecular weight excluding hydrogens is 358 g/mol. The van der Waals surface area contributed by atoms with Crippen LogP contribution in [0.1, 0.15) is 129 Å². The predicted molar refractivity (Wildman–Crippen MR) is 127 cm³/mol. The van der Waals surface area contributed by atoms with E-state index in [1.807, 2.05) is 0 Å². The standard InChI is InChI=1S/C26H54NO2/c1-5-6-7-8-9-10-11-12-13-14-15-16-17-18-19-20-21-22-23-27(3,4)24-25-29-26(2)28/h5-25H2,1-4H3/q+1. The third kappa shape index (κ3) is 23.6. The van der Waals surface area contributed by atoms with Gasteiger partial charge in [0, 0.05) is 6.92 Å². The van der Waals surface area contributed by atoms with Gasteiger partial charge in [-0.15, -0.1) is 0 Å². The molecule has 3 nitrogen and oxygen atoms in total. The Morgan fingerprint density at radius 2 is 0.931 bits per heavy atom. The van der Waals surface area contributed by atoms with Crippen LogP contribution in [0, 0.1) is 0 Å². The Kier molecular flexibility index (Phi) is 20.3. The van der Waals surface area contributed by atoms with E-state index in [9.17, 15) is 4.79 Å². The molecule has 0 bridgehead atoms. The van der Waals surface area contributed by atoms with Crippen molar-refractivity contribution in [2.24, 2.45) is 0 Å². The molecule has 0 aromatic rings. The topological polar surface area (TPSA) is 26.3 Å². The number of likely N-dealkylation sites (N-methyl/N-ethyl adjacent to an activating group) is 1. The summed E-state index contributed by atoms with van der Waals surface area (Å²) in [6, 6.07) is 0. The minimum atomic E-state index is -0.168. The number of nitrogens with zero attached hydrogens (tertiary/aromatic N) is 1. The second kappa shape index (κ2) is 20.7. The van der Waals surface area contributed by atoms with Crippen LogP contribution < -0.4 is 0 Å². The van der Waals surface area contributed by atoms with Gasteiger partial charge in [0.1, 0.15) is 13.2 Å². The van der Waals surface area contributed by atoms with Gasteiger partial charge < -0.3 is 9.22 Å². The Bertz CT molecular complexity index is 355. The largest absolute Gasteiger partial charge is 0.460 e. The fourth-order valence-electron chi connectivity index (χ4n) is 3.99. The van der Waals surface area contributed by atoms with Gasteiger partial charge in [-0.1, -0.05) is 110 Å². The normalized spacial score (nSPS) is 11.7. The summed E-state index contributed by atoms with van der Waals surface area (Å²) in [5.41, 5.74) is 0. The molecule has 0 saturated heterocycles. The van der Waals surface area contributed by atoms with Gasteiger partial charge in [0.05, 0.1) is 20.6 Å². The van der Waals surface area contributed by atoms with E-state index < -0.39 is 0 Å². The fourth-order valence-corrected chi connectivity index (χ4v) is 3.99. The monoisotopic (exact) mass is 412 g/mol. The third-order valence-corrected chi connectivity index (χ3v) is 6.12. The Morgan fingerprint density at radius 3 is 1.28 bits per heavy atom. The molecule has 0 unspecified atom stereocenters. The summed E-state index contributed by atoms with van der Waals surface area (Å²) < 4.78 is 6.01. The molecule has 0 aliphatic rings. The molecule has 0 amide bonds. The molecule has 0 N–H and O–H groups in total. The smallest absolute Gasteiger partial charge is 0.302 e. The van der Waals surface area contributed by atoms with E-state index in [4.69, 9.17) is 4.74 Å². The first kappa shape index (κ1) is 28.4. The molecule has 0 rings (SSSR count). The summed E-state index contributed by atoms with van der Waals surface area (Å²) in [7, 11) is 4.47. The Morgan fingerprint density at radius 1 is 0.586 bits per heavy atom. The SMILES string of the molecule is CCCCCCCCCCCCCCCCCCCC[N+](C)(C)CCOC(C)=O. The van der Waals surface area contributed by atoms with Crippen LogP contribution in [0.4, 0.5) is 0 Å². The average molecular weight is 413 g/mol. The highest BCUT2D eigenvalue weighted by atomic mass is 16.5. The van der Waals surface area contributed by atoms with Crippen LogP contribution in [0.25, 0.3) is 0 Å². The molecule has 0 saturated carbocycles. The van der Waals surface area contributed by atoms with Crippen LogP contribution in [0.3, 0.4) is 0 Å². The predicted octanol–water partition coefficient (Wildman–Crippen LogP) is 7.67. The van der Waals surface area contributed by atoms with Gasteiger partial charge in [-0.2, -0.15) is 0 Å². The molecule has 29 heavy (non-hydrogen) atoms. The number of carbonyl (C=O) groups excluding carboxylic acids is 1. The van der Waals surface area contributed by atoms with E-state index in [1.165, 1.54) is 129 Å². The van der Waals surface area contributed by atoms with Gasteiger partial charge in [-0.25, -0.2) is 0 Å². The minimum absolute atomic E-state index is 0.168. The summed E-state index contributed by atoms with van der Waals surface area (Å²) in [5, 5.41) is 0. The molecule has 174 valence electrons. The minimum Gasteiger partial charge on any atom is -0.460 e. The molecule has 0 aliphatic heterocycles. The summed E-state index contributed by atoms with van der Waals surface area (Å²) in [6.45, 7) is 6.41. The number of rotatable bonds is 22. The number of esters is 1. The van der Waals surface area contributed by atoms with Crippen molar-refractivity contribution < 1.29 is 14.0 Å².